The Morgan fingerprint density at radius 3 is 2.52 bits per heavy atom. The van der Waals surface area contributed by atoms with Crippen molar-refractivity contribution in [1.29, 1.82) is 0 Å². The zero-order valence-electron chi connectivity index (χ0n) is 11.9. The number of nitrogens with one attached hydrogen (secondary N) is 1. The molecule has 1 aliphatic heterocycles. The van der Waals surface area contributed by atoms with E-state index in [9.17, 15) is 0 Å². The van der Waals surface area contributed by atoms with E-state index in [0.717, 1.165) is 49.0 Å². The smallest absolute Gasteiger partial charge is 0.225 e. The van der Waals surface area contributed by atoms with Crippen LogP contribution in [0.25, 0.3) is 0 Å². The monoisotopic (exact) mass is 302 g/mol. The van der Waals surface area contributed by atoms with Gasteiger partial charge in [-0.1, -0.05) is 29.8 Å². The molecule has 0 saturated carbocycles. The Morgan fingerprint density at radius 1 is 1.10 bits per heavy atom. The van der Waals surface area contributed by atoms with Gasteiger partial charge >= 0.3 is 0 Å². The van der Waals surface area contributed by atoms with Gasteiger partial charge in [-0.2, -0.15) is 0 Å². The first-order valence-corrected chi connectivity index (χ1v) is 7.69. The van der Waals surface area contributed by atoms with Gasteiger partial charge in [-0.3, -0.25) is 0 Å². The van der Waals surface area contributed by atoms with Crippen molar-refractivity contribution >= 4 is 17.5 Å². The van der Waals surface area contributed by atoms with Crippen molar-refractivity contribution in [2.45, 2.75) is 25.4 Å². The summed E-state index contributed by atoms with van der Waals surface area (Å²) < 4.78 is 0. The fraction of sp³-hybridized carbons (Fsp3) is 0.375. The Hall–Kier alpha value is -1.65. The molecule has 5 heteroatoms. The van der Waals surface area contributed by atoms with E-state index < -0.39 is 0 Å². The van der Waals surface area contributed by atoms with Gasteiger partial charge in [0, 0.05) is 43.1 Å². The molecule has 0 spiro atoms. The first-order valence-electron chi connectivity index (χ1n) is 7.31. The zero-order valence-corrected chi connectivity index (χ0v) is 12.6. The summed E-state index contributed by atoms with van der Waals surface area (Å²) in [5.74, 6) is 0.835. The summed E-state index contributed by atoms with van der Waals surface area (Å²) in [7, 11) is 0. The van der Waals surface area contributed by atoms with Crippen molar-refractivity contribution in [2.24, 2.45) is 0 Å². The van der Waals surface area contributed by atoms with Crippen LogP contribution in [-0.2, 0) is 6.54 Å². The van der Waals surface area contributed by atoms with Crippen LogP contribution < -0.4 is 10.2 Å². The van der Waals surface area contributed by atoms with E-state index in [2.05, 4.69) is 26.3 Å². The fourth-order valence-corrected chi connectivity index (χ4v) is 2.84. The van der Waals surface area contributed by atoms with Crippen LogP contribution in [0.5, 0.6) is 0 Å². The third-order valence-electron chi connectivity index (χ3n) is 3.87. The first kappa shape index (κ1) is 14.3. The SMILES string of the molecule is Clc1ccccc1CNC1CCN(c2ncccn2)CC1. The van der Waals surface area contributed by atoms with Crippen LogP contribution in [0.2, 0.25) is 5.02 Å². The highest BCUT2D eigenvalue weighted by molar-refractivity contribution is 6.31. The summed E-state index contributed by atoms with van der Waals surface area (Å²) in [5.41, 5.74) is 1.16. The number of anilines is 1. The lowest BCUT2D eigenvalue weighted by atomic mass is 10.0. The first-order chi connectivity index (χ1) is 10.3. The summed E-state index contributed by atoms with van der Waals surface area (Å²) in [6.45, 7) is 2.81. The molecule has 3 rings (SSSR count). The molecule has 110 valence electrons. The Balaban J connectivity index is 1.49. The van der Waals surface area contributed by atoms with E-state index in [1.165, 1.54) is 0 Å². The van der Waals surface area contributed by atoms with Crippen molar-refractivity contribution in [3.63, 3.8) is 0 Å². The van der Waals surface area contributed by atoms with Crippen LogP contribution in [0, 0.1) is 0 Å². The van der Waals surface area contributed by atoms with Crippen molar-refractivity contribution in [1.82, 2.24) is 15.3 Å². The Morgan fingerprint density at radius 2 is 1.81 bits per heavy atom. The number of benzene rings is 1. The quantitative estimate of drug-likeness (QED) is 0.943. The summed E-state index contributed by atoms with van der Waals surface area (Å²) in [5, 5.41) is 4.43. The normalized spacial score (nSPS) is 16.1. The molecule has 2 heterocycles. The maximum atomic E-state index is 6.18. The van der Waals surface area contributed by atoms with Gasteiger partial charge in [-0.15, -0.1) is 0 Å². The molecule has 0 radical (unpaired) electrons. The molecule has 1 aliphatic rings. The van der Waals surface area contributed by atoms with E-state index in [1.807, 2.05) is 24.3 Å². The molecule has 0 unspecified atom stereocenters. The highest BCUT2D eigenvalue weighted by Gasteiger charge is 2.20. The molecule has 2 aromatic rings. The minimum atomic E-state index is 0.529. The lowest BCUT2D eigenvalue weighted by molar-refractivity contribution is 0.411. The van der Waals surface area contributed by atoms with Gasteiger partial charge in [0.05, 0.1) is 0 Å². The summed E-state index contributed by atoms with van der Waals surface area (Å²) in [6.07, 6.45) is 5.79. The summed E-state index contributed by atoms with van der Waals surface area (Å²) in [4.78, 5) is 10.9. The molecule has 0 atom stereocenters. The van der Waals surface area contributed by atoms with E-state index >= 15 is 0 Å². The third-order valence-corrected chi connectivity index (χ3v) is 4.24. The maximum absolute atomic E-state index is 6.18. The Kier molecular flexibility index (Phi) is 4.68. The molecule has 0 bridgehead atoms. The van der Waals surface area contributed by atoms with Crippen LogP contribution in [0.15, 0.2) is 42.7 Å². The fourth-order valence-electron chi connectivity index (χ4n) is 2.63. The molecule has 21 heavy (non-hydrogen) atoms. The van der Waals surface area contributed by atoms with E-state index in [1.54, 1.807) is 12.4 Å². The molecule has 1 aromatic carbocycles. The number of rotatable bonds is 4. The van der Waals surface area contributed by atoms with Gasteiger partial charge in [0.15, 0.2) is 0 Å². The van der Waals surface area contributed by atoms with Crippen LogP contribution in [0.4, 0.5) is 5.95 Å². The number of halogens is 1. The topological polar surface area (TPSA) is 41.0 Å². The molecule has 1 aromatic heterocycles. The highest BCUT2D eigenvalue weighted by Crippen LogP contribution is 2.18. The summed E-state index contributed by atoms with van der Waals surface area (Å²) in [6, 6.07) is 10.4. The molecular formula is C16H19ClN4. The number of piperidine rings is 1. The molecule has 4 nitrogen and oxygen atoms in total. The second-order valence-electron chi connectivity index (χ2n) is 5.28. The zero-order chi connectivity index (χ0) is 14.5. The second-order valence-corrected chi connectivity index (χ2v) is 5.69. The van der Waals surface area contributed by atoms with E-state index in [0.29, 0.717) is 6.04 Å². The van der Waals surface area contributed by atoms with Crippen LogP contribution in [0.1, 0.15) is 18.4 Å². The third kappa shape index (κ3) is 3.71. The molecule has 0 amide bonds. The molecule has 1 N–H and O–H groups in total. The predicted octanol–water partition coefficient (Wildman–Crippen LogP) is 2.89. The van der Waals surface area contributed by atoms with E-state index in [-0.39, 0.29) is 0 Å². The minimum Gasteiger partial charge on any atom is -0.341 e. The van der Waals surface area contributed by atoms with Crippen molar-refractivity contribution in [3.8, 4) is 0 Å². The average molecular weight is 303 g/mol. The van der Waals surface area contributed by atoms with Crippen molar-refractivity contribution < 1.29 is 0 Å². The van der Waals surface area contributed by atoms with Crippen LogP contribution in [0.3, 0.4) is 0 Å². The maximum Gasteiger partial charge on any atom is 0.225 e. The Labute approximate surface area is 130 Å². The summed E-state index contributed by atoms with van der Waals surface area (Å²) >= 11 is 6.18. The number of hydrogen-bond acceptors (Lipinski definition) is 4. The second kappa shape index (κ2) is 6.87. The number of nitrogens with zero attached hydrogens (tertiary/aromatic N) is 3. The van der Waals surface area contributed by atoms with Gasteiger partial charge in [0.2, 0.25) is 5.95 Å². The van der Waals surface area contributed by atoms with Gasteiger partial charge in [0.25, 0.3) is 0 Å². The van der Waals surface area contributed by atoms with Crippen LogP contribution >= 0.6 is 11.6 Å². The standard InChI is InChI=1S/C16H19ClN4/c17-15-5-2-1-4-13(15)12-20-14-6-10-21(11-7-14)16-18-8-3-9-19-16/h1-5,8-9,14,20H,6-7,10-12H2. The van der Waals surface area contributed by atoms with Gasteiger partial charge in [0.1, 0.15) is 0 Å². The highest BCUT2D eigenvalue weighted by atomic mass is 35.5. The van der Waals surface area contributed by atoms with E-state index in [4.69, 9.17) is 11.6 Å². The molecular weight excluding hydrogens is 284 g/mol. The Bertz CT molecular complexity index is 567. The van der Waals surface area contributed by atoms with Gasteiger partial charge < -0.3 is 10.2 Å². The van der Waals surface area contributed by atoms with Gasteiger partial charge in [-0.05, 0) is 30.5 Å². The van der Waals surface area contributed by atoms with Crippen molar-refractivity contribution in [3.05, 3.63) is 53.3 Å². The average Bonchev–Trinajstić information content (AvgIpc) is 2.55. The predicted molar refractivity (Wildman–Crippen MR) is 85.6 cm³/mol. The number of hydrogen-bond donors (Lipinski definition) is 1. The lowest BCUT2D eigenvalue weighted by Gasteiger charge is -2.32. The molecule has 1 saturated heterocycles. The molecule has 0 aliphatic carbocycles. The van der Waals surface area contributed by atoms with Crippen LogP contribution in [-0.4, -0.2) is 29.1 Å². The lowest BCUT2D eigenvalue weighted by Crippen LogP contribution is -2.42. The van der Waals surface area contributed by atoms with Crippen molar-refractivity contribution in [2.75, 3.05) is 18.0 Å². The van der Waals surface area contributed by atoms with Gasteiger partial charge in [-0.25, -0.2) is 9.97 Å². The number of aromatic nitrogens is 2. The largest absolute Gasteiger partial charge is 0.341 e. The molecule has 1 fully saturated rings. The minimum absolute atomic E-state index is 0.529.